The summed E-state index contributed by atoms with van der Waals surface area (Å²) >= 11 is 1.88. The predicted molar refractivity (Wildman–Crippen MR) is 118 cm³/mol. The molecule has 2 atom stereocenters. The van der Waals surface area contributed by atoms with Crippen LogP contribution in [0.4, 0.5) is 5.82 Å². The highest BCUT2D eigenvalue weighted by Crippen LogP contribution is 2.55. The third kappa shape index (κ3) is 3.84. The number of aromatic nitrogens is 2. The van der Waals surface area contributed by atoms with E-state index in [1.807, 2.05) is 11.8 Å². The van der Waals surface area contributed by atoms with E-state index < -0.39 is 0 Å². The van der Waals surface area contributed by atoms with Gasteiger partial charge in [-0.3, -0.25) is 9.89 Å². The molecule has 0 bridgehead atoms. The van der Waals surface area contributed by atoms with Crippen molar-refractivity contribution in [3.63, 3.8) is 0 Å². The highest BCUT2D eigenvalue weighted by Gasteiger charge is 2.44. The van der Waals surface area contributed by atoms with Gasteiger partial charge >= 0.3 is 0 Å². The fourth-order valence-electron chi connectivity index (χ4n) is 5.00. The molecule has 3 aliphatic heterocycles. The summed E-state index contributed by atoms with van der Waals surface area (Å²) < 4.78 is 5.44. The van der Waals surface area contributed by atoms with Crippen LogP contribution in [0.15, 0.2) is 27.4 Å². The fourth-order valence-corrected chi connectivity index (χ4v) is 6.39. The Morgan fingerprint density at radius 2 is 2.14 bits per heavy atom. The lowest BCUT2D eigenvalue weighted by atomic mass is 9.87. The Hall–Kier alpha value is -1.44. The molecule has 1 saturated heterocycles. The van der Waals surface area contributed by atoms with E-state index in [0.29, 0.717) is 5.92 Å². The summed E-state index contributed by atoms with van der Waals surface area (Å²) in [5.41, 5.74) is 5.78. The quantitative estimate of drug-likeness (QED) is 0.732. The molecule has 6 nitrogen and oxygen atoms in total. The molecule has 0 radical (unpaired) electrons. The lowest BCUT2D eigenvalue weighted by Crippen LogP contribution is -2.39. The summed E-state index contributed by atoms with van der Waals surface area (Å²) in [5, 5.41) is 3.84. The van der Waals surface area contributed by atoms with Gasteiger partial charge in [0.1, 0.15) is 17.5 Å². The van der Waals surface area contributed by atoms with Crippen LogP contribution < -0.4 is 5.32 Å². The van der Waals surface area contributed by atoms with Crippen LogP contribution in [-0.4, -0.2) is 65.3 Å². The van der Waals surface area contributed by atoms with Gasteiger partial charge in [-0.05, 0) is 37.7 Å². The Morgan fingerprint density at radius 3 is 3.00 bits per heavy atom. The molecule has 1 aromatic heterocycles. The normalized spacial score (nSPS) is 26.2. The molecule has 1 N–H and O–H groups in total. The first-order chi connectivity index (χ1) is 14.3. The molecule has 156 valence electrons. The first kappa shape index (κ1) is 19.5. The minimum Gasteiger partial charge on any atom is -0.379 e. The number of anilines is 1. The van der Waals surface area contributed by atoms with Crippen molar-refractivity contribution in [2.75, 3.05) is 44.7 Å². The van der Waals surface area contributed by atoms with Gasteiger partial charge in [0.05, 0.1) is 29.7 Å². The van der Waals surface area contributed by atoms with E-state index in [1.165, 1.54) is 48.4 Å². The van der Waals surface area contributed by atoms with Gasteiger partial charge in [-0.1, -0.05) is 30.7 Å². The molecular weight excluding hydrogens is 382 g/mol. The highest BCUT2D eigenvalue weighted by atomic mass is 32.2. The van der Waals surface area contributed by atoms with E-state index in [4.69, 9.17) is 14.7 Å². The van der Waals surface area contributed by atoms with Crippen LogP contribution in [0.25, 0.3) is 0 Å². The molecule has 2 unspecified atom stereocenters. The van der Waals surface area contributed by atoms with E-state index in [9.17, 15) is 0 Å². The lowest BCUT2D eigenvalue weighted by Gasteiger charge is -2.26. The van der Waals surface area contributed by atoms with Gasteiger partial charge in [-0.2, -0.15) is 0 Å². The van der Waals surface area contributed by atoms with Gasteiger partial charge in [0.15, 0.2) is 0 Å². The number of unbranched alkanes of at least 4 members (excludes halogenated alkanes) is 1. The van der Waals surface area contributed by atoms with E-state index in [2.05, 4.69) is 22.1 Å². The number of dihydropyridines is 1. The zero-order valence-corrected chi connectivity index (χ0v) is 18.1. The third-order valence-electron chi connectivity index (χ3n) is 6.51. The van der Waals surface area contributed by atoms with Crippen LogP contribution in [0.5, 0.6) is 0 Å². The van der Waals surface area contributed by atoms with Gasteiger partial charge in [0.25, 0.3) is 0 Å². The number of rotatable bonds is 7. The van der Waals surface area contributed by atoms with Crippen molar-refractivity contribution in [3.05, 3.63) is 23.2 Å². The third-order valence-corrected chi connectivity index (χ3v) is 7.77. The number of ether oxygens (including phenoxy) is 1. The number of nitrogens with one attached hydrogen (secondary N) is 1. The molecule has 7 heteroatoms. The van der Waals surface area contributed by atoms with E-state index in [0.717, 1.165) is 51.6 Å². The summed E-state index contributed by atoms with van der Waals surface area (Å²) in [6, 6.07) is 0. The van der Waals surface area contributed by atoms with Gasteiger partial charge in [-0.15, -0.1) is 0 Å². The first-order valence-corrected chi connectivity index (χ1v) is 12.1. The largest absolute Gasteiger partial charge is 0.379 e. The van der Waals surface area contributed by atoms with Gasteiger partial charge in [0, 0.05) is 31.9 Å². The monoisotopic (exact) mass is 413 g/mol. The Kier molecular flexibility index (Phi) is 5.88. The second-order valence-electron chi connectivity index (χ2n) is 8.34. The maximum Gasteiger partial charge on any atom is 0.143 e. The smallest absolute Gasteiger partial charge is 0.143 e. The fraction of sp³-hybridized carbons (Fsp3) is 0.682. The molecule has 1 aliphatic carbocycles. The zero-order chi connectivity index (χ0) is 19.6. The standard InChI is InChI=1S/C22H31N5OS/c1-2-3-7-17-15-5-4-6-16(15)18-19-20(29-22(18)26-17)21(25-14-24-19)23-8-9-27-10-12-28-13-11-27/h14,18,22H,2-13H2,1H3,(H,23,24,25). The van der Waals surface area contributed by atoms with Crippen LogP contribution in [0.3, 0.4) is 0 Å². The molecule has 4 heterocycles. The summed E-state index contributed by atoms with van der Waals surface area (Å²) in [6.07, 6.45) is 9.03. The molecule has 0 saturated carbocycles. The van der Waals surface area contributed by atoms with Crippen LogP contribution in [0, 0.1) is 0 Å². The molecule has 29 heavy (non-hydrogen) atoms. The summed E-state index contributed by atoms with van der Waals surface area (Å²) in [5.74, 6) is 1.36. The molecule has 1 fully saturated rings. The lowest BCUT2D eigenvalue weighted by molar-refractivity contribution is 0.0398. The second-order valence-corrected chi connectivity index (χ2v) is 9.47. The maximum atomic E-state index is 5.44. The van der Waals surface area contributed by atoms with Crippen molar-refractivity contribution < 1.29 is 4.74 Å². The van der Waals surface area contributed by atoms with E-state index in [-0.39, 0.29) is 5.37 Å². The van der Waals surface area contributed by atoms with Crippen molar-refractivity contribution in [3.8, 4) is 0 Å². The van der Waals surface area contributed by atoms with Crippen molar-refractivity contribution >= 4 is 23.3 Å². The predicted octanol–water partition coefficient (Wildman–Crippen LogP) is 3.86. The van der Waals surface area contributed by atoms with E-state index >= 15 is 0 Å². The van der Waals surface area contributed by atoms with Gasteiger partial charge in [0.2, 0.25) is 0 Å². The highest BCUT2D eigenvalue weighted by molar-refractivity contribution is 8.00. The summed E-state index contributed by atoms with van der Waals surface area (Å²) in [4.78, 5) is 18.3. The molecule has 0 amide bonds. The molecular formula is C22H31N5OS. The minimum absolute atomic E-state index is 0.255. The average molecular weight is 414 g/mol. The molecule has 0 spiro atoms. The van der Waals surface area contributed by atoms with Gasteiger partial charge < -0.3 is 10.1 Å². The number of allylic oxidation sites excluding steroid dienone is 1. The number of hydrogen-bond donors (Lipinski definition) is 1. The van der Waals surface area contributed by atoms with E-state index in [1.54, 1.807) is 17.5 Å². The number of hydrogen-bond acceptors (Lipinski definition) is 7. The second kappa shape index (κ2) is 8.74. The number of fused-ring (bicyclic) bond motifs is 4. The van der Waals surface area contributed by atoms with Crippen LogP contribution >= 0.6 is 11.8 Å². The Morgan fingerprint density at radius 1 is 1.24 bits per heavy atom. The van der Waals surface area contributed by atoms with Gasteiger partial charge in [-0.25, -0.2) is 9.97 Å². The van der Waals surface area contributed by atoms with Crippen LogP contribution in [-0.2, 0) is 4.74 Å². The topological polar surface area (TPSA) is 62.6 Å². The van der Waals surface area contributed by atoms with Crippen molar-refractivity contribution in [2.24, 2.45) is 4.99 Å². The number of nitrogens with zero attached hydrogens (tertiary/aromatic N) is 4. The van der Waals surface area contributed by atoms with Crippen molar-refractivity contribution in [1.29, 1.82) is 0 Å². The first-order valence-electron chi connectivity index (χ1n) is 11.2. The van der Waals surface area contributed by atoms with Crippen molar-refractivity contribution in [2.45, 2.75) is 61.6 Å². The summed E-state index contributed by atoms with van der Waals surface area (Å²) in [7, 11) is 0. The molecule has 5 rings (SSSR count). The molecule has 0 aromatic carbocycles. The number of aliphatic imine (C=N–C) groups is 1. The number of morpholine rings is 1. The Balaban J connectivity index is 1.33. The summed E-state index contributed by atoms with van der Waals surface area (Å²) in [6.45, 7) is 7.92. The zero-order valence-electron chi connectivity index (χ0n) is 17.3. The molecule has 4 aliphatic rings. The van der Waals surface area contributed by atoms with Crippen LogP contribution in [0.2, 0.25) is 0 Å². The van der Waals surface area contributed by atoms with Crippen molar-refractivity contribution in [1.82, 2.24) is 14.9 Å². The maximum absolute atomic E-state index is 5.44. The SMILES string of the molecule is CCCCC1=NC2Sc3c(NCCN4CCOCC4)ncnc3C2C2=C1CCC2. The number of thioether (sulfide) groups is 1. The Labute approximate surface area is 177 Å². The molecule has 1 aromatic rings. The minimum atomic E-state index is 0.255. The van der Waals surface area contributed by atoms with Crippen LogP contribution in [0.1, 0.15) is 57.1 Å². The Bertz CT molecular complexity index is 817. The average Bonchev–Trinajstić information content (AvgIpc) is 3.37.